The van der Waals surface area contributed by atoms with Gasteiger partial charge < -0.3 is 19.7 Å². The SMILES string of the molecule is O=C(NCC1CCCO1)c1ccc(/C=C2\OC3CCCCC3N(Cc3ccccc3F)C2=O)cc1. The zero-order valence-electron chi connectivity index (χ0n) is 19.8. The molecular weight excluding hydrogens is 447 g/mol. The Hall–Kier alpha value is -3.19. The lowest BCUT2D eigenvalue weighted by atomic mass is 9.89. The lowest BCUT2D eigenvalue weighted by Crippen LogP contribution is -2.54. The molecule has 2 aromatic rings. The molecule has 1 aliphatic carbocycles. The largest absolute Gasteiger partial charge is 0.482 e. The van der Waals surface area contributed by atoms with Crippen LogP contribution in [0.2, 0.25) is 0 Å². The molecule has 3 atom stereocenters. The average Bonchev–Trinajstić information content (AvgIpc) is 3.40. The van der Waals surface area contributed by atoms with E-state index in [4.69, 9.17) is 9.47 Å². The normalized spacial score (nSPS) is 25.3. The molecule has 1 saturated carbocycles. The Labute approximate surface area is 205 Å². The number of benzene rings is 2. The number of nitrogens with one attached hydrogen (secondary N) is 1. The first-order chi connectivity index (χ1) is 17.1. The molecule has 0 spiro atoms. The smallest absolute Gasteiger partial charge is 0.289 e. The molecule has 1 N–H and O–H groups in total. The molecule has 184 valence electrons. The molecule has 7 heteroatoms. The number of amides is 2. The van der Waals surface area contributed by atoms with Gasteiger partial charge in [-0.3, -0.25) is 9.59 Å². The number of carbonyl (C=O) groups excluding carboxylic acids is 2. The van der Waals surface area contributed by atoms with Gasteiger partial charge in [0.15, 0.2) is 5.76 Å². The monoisotopic (exact) mass is 478 g/mol. The third kappa shape index (κ3) is 5.40. The Balaban J connectivity index is 1.31. The van der Waals surface area contributed by atoms with Gasteiger partial charge in [0.1, 0.15) is 11.9 Å². The predicted molar refractivity (Wildman–Crippen MR) is 130 cm³/mol. The Morgan fingerprint density at radius 2 is 1.86 bits per heavy atom. The van der Waals surface area contributed by atoms with Crippen molar-refractivity contribution in [2.75, 3.05) is 13.2 Å². The summed E-state index contributed by atoms with van der Waals surface area (Å²) in [4.78, 5) is 27.6. The van der Waals surface area contributed by atoms with Crippen LogP contribution in [0.5, 0.6) is 0 Å². The van der Waals surface area contributed by atoms with Gasteiger partial charge in [-0.25, -0.2) is 4.39 Å². The van der Waals surface area contributed by atoms with Crippen molar-refractivity contribution in [1.29, 1.82) is 0 Å². The van der Waals surface area contributed by atoms with Crippen LogP contribution in [0.25, 0.3) is 6.08 Å². The number of hydrogen-bond donors (Lipinski definition) is 1. The Bertz CT molecular complexity index is 1090. The summed E-state index contributed by atoms with van der Waals surface area (Å²) < 4.78 is 26.1. The summed E-state index contributed by atoms with van der Waals surface area (Å²) in [5.41, 5.74) is 1.82. The van der Waals surface area contributed by atoms with Crippen LogP contribution in [-0.4, -0.2) is 48.1 Å². The summed E-state index contributed by atoms with van der Waals surface area (Å²) >= 11 is 0. The van der Waals surface area contributed by atoms with E-state index in [1.165, 1.54) is 6.07 Å². The lowest BCUT2D eigenvalue weighted by molar-refractivity contribution is -0.149. The van der Waals surface area contributed by atoms with Crippen LogP contribution in [0, 0.1) is 5.82 Å². The highest BCUT2D eigenvalue weighted by Crippen LogP contribution is 2.34. The number of morpholine rings is 1. The molecule has 2 aromatic carbocycles. The van der Waals surface area contributed by atoms with Crippen LogP contribution in [0.15, 0.2) is 54.3 Å². The van der Waals surface area contributed by atoms with E-state index in [1.54, 1.807) is 53.4 Å². The van der Waals surface area contributed by atoms with Crippen molar-refractivity contribution in [2.45, 2.75) is 63.3 Å². The van der Waals surface area contributed by atoms with Crippen molar-refractivity contribution in [3.8, 4) is 0 Å². The topological polar surface area (TPSA) is 67.9 Å². The van der Waals surface area contributed by atoms with Gasteiger partial charge in [0, 0.05) is 30.8 Å². The van der Waals surface area contributed by atoms with Crippen molar-refractivity contribution in [3.05, 3.63) is 76.8 Å². The number of halogens is 1. The molecule has 0 bridgehead atoms. The fourth-order valence-electron chi connectivity index (χ4n) is 5.17. The number of carbonyl (C=O) groups is 2. The van der Waals surface area contributed by atoms with Crippen LogP contribution in [0.1, 0.15) is 60.0 Å². The van der Waals surface area contributed by atoms with Gasteiger partial charge >= 0.3 is 0 Å². The first-order valence-electron chi connectivity index (χ1n) is 12.5. The lowest BCUT2D eigenvalue weighted by Gasteiger charge is -2.44. The first-order valence-corrected chi connectivity index (χ1v) is 12.5. The molecule has 0 aromatic heterocycles. The minimum Gasteiger partial charge on any atom is -0.482 e. The molecule has 2 saturated heterocycles. The maximum Gasteiger partial charge on any atom is 0.289 e. The van der Waals surface area contributed by atoms with E-state index in [-0.39, 0.29) is 48.2 Å². The standard InChI is InChI=1S/C28H31FN2O4/c29-23-8-2-1-6-21(23)18-31-24-9-3-4-10-25(24)35-26(28(31)33)16-19-11-13-20(14-12-19)27(32)30-17-22-7-5-15-34-22/h1-2,6,8,11-14,16,22,24-25H,3-5,7,9-10,15,17-18H2,(H,30,32)/b26-16-. The molecule has 3 unspecified atom stereocenters. The Morgan fingerprint density at radius 1 is 1.06 bits per heavy atom. The summed E-state index contributed by atoms with van der Waals surface area (Å²) in [7, 11) is 0. The minimum atomic E-state index is -0.307. The number of ether oxygens (including phenoxy) is 2. The van der Waals surface area contributed by atoms with E-state index in [0.29, 0.717) is 17.7 Å². The van der Waals surface area contributed by atoms with Crippen LogP contribution in [-0.2, 0) is 20.8 Å². The quantitative estimate of drug-likeness (QED) is 0.623. The van der Waals surface area contributed by atoms with Crippen LogP contribution < -0.4 is 5.32 Å². The zero-order chi connectivity index (χ0) is 24.2. The highest BCUT2D eigenvalue weighted by atomic mass is 19.1. The van der Waals surface area contributed by atoms with Gasteiger partial charge in [-0.2, -0.15) is 0 Å². The average molecular weight is 479 g/mol. The third-order valence-electron chi connectivity index (χ3n) is 7.10. The third-order valence-corrected chi connectivity index (χ3v) is 7.10. The van der Waals surface area contributed by atoms with Crippen molar-refractivity contribution < 1.29 is 23.5 Å². The maximum atomic E-state index is 14.4. The maximum absolute atomic E-state index is 14.4. The van der Waals surface area contributed by atoms with Gasteiger partial charge in [0.05, 0.1) is 12.1 Å². The van der Waals surface area contributed by atoms with E-state index in [9.17, 15) is 14.0 Å². The van der Waals surface area contributed by atoms with Crippen molar-refractivity contribution in [1.82, 2.24) is 10.2 Å². The number of rotatable bonds is 6. The number of fused-ring (bicyclic) bond motifs is 1. The van der Waals surface area contributed by atoms with Crippen molar-refractivity contribution in [2.24, 2.45) is 0 Å². The van der Waals surface area contributed by atoms with Gasteiger partial charge in [0.25, 0.3) is 11.8 Å². The molecule has 6 nitrogen and oxygen atoms in total. The highest BCUT2D eigenvalue weighted by molar-refractivity contribution is 5.97. The molecule has 2 heterocycles. The highest BCUT2D eigenvalue weighted by Gasteiger charge is 2.41. The summed E-state index contributed by atoms with van der Waals surface area (Å²) in [5, 5.41) is 2.92. The summed E-state index contributed by atoms with van der Waals surface area (Å²) in [5.74, 6) is -0.418. The molecule has 3 fully saturated rings. The summed E-state index contributed by atoms with van der Waals surface area (Å²) in [6.07, 6.45) is 7.51. The second-order valence-corrected chi connectivity index (χ2v) is 9.51. The predicted octanol–water partition coefficient (Wildman–Crippen LogP) is 4.45. The Morgan fingerprint density at radius 3 is 2.63 bits per heavy atom. The van der Waals surface area contributed by atoms with Crippen molar-refractivity contribution >= 4 is 17.9 Å². The minimum absolute atomic E-state index is 0.0528. The van der Waals surface area contributed by atoms with E-state index < -0.39 is 0 Å². The molecule has 2 amide bonds. The van der Waals surface area contributed by atoms with E-state index in [0.717, 1.165) is 50.7 Å². The van der Waals surface area contributed by atoms with E-state index in [1.807, 2.05) is 0 Å². The fourth-order valence-corrected chi connectivity index (χ4v) is 5.17. The van der Waals surface area contributed by atoms with Gasteiger partial charge in [-0.1, -0.05) is 36.8 Å². The second-order valence-electron chi connectivity index (χ2n) is 9.51. The van der Waals surface area contributed by atoms with Gasteiger partial charge in [-0.15, -0.1) is 0 Å². The molecule has 2 aliphatic heterocycles. The number of hydrogen-bond acceptors (Lipinski definition) is 4. The molecule has 3 aliphatic rings. The summed E-state index contributed by atoms with van der Waals surface area (Å²) in [6.45, 7) is 1.48. The second kappa shape index (κ2) is 10.6. The van der Waals surface area contributed by atoms with E-state index in [2.05, 4.69) is 5.32 Å². The zero-order valence-corrected chi connectivity index (χ0v) is 19.8. The Kier molecular flexibility index (Phi) is 7.13. The molecular formula is C28H31FN2O4. The summed E-state index contributed by atoms with van der Waals surface area (Å²) in [6, 6.07) is 13.6. The molecule has 35 heavy (non-hydrogen) atoms. The van der Waals surface area contributed by atoms with Crippen LogP contribution in [0.4, 0.5) is 4.39 Å². The molecule has 5 rings (SSSR count). The van der Waals surface area contributed by atoms with E-state index >= 15 is 0 Å². The van der Waals surface area contributed by atoms with Crippen LogP contribution in [0.3, 0.4) is 0 Å². The van der Waals surface area contributed by atoms with Crippen LogP contribution >= 0.6 is 0 Å². The fraction of sp³-hybridized carbons (Fsp3) is 0.429. The first kappa shape index (κ1) is 23.5. The number of nitrogens with zero attached hydrogens (tertiary/aromatic N) is 1. The molecule has 0 radical (unpaired) electrons. The van der Waals surface area contributed by atoms with Gasteiger partial charge in [-0.05, 0) is 61.9 Å². The van der Waals surface area contributed by atoms with Gasteiger partial charge in [0.2, 0.25) is 0 Å². The van der Waals surface area contributed by atoms with Crippen molar-refractivity contribution in [3.63, 3.8) is 0 Å².